The normalized spacial score (nSPS) is 16.7. The van der Waals surface area contributed by atoms with Gasteiger partial charge in [0.05, 0.1) is 11.6 Å². The van der Waals surface area contributed by atoms with E-state index in [1.807, 2.05) is 31.2 Å². The second kappa shape index (κ2) is 7.21. The Bertz CT molecular complexity index is 907. The number of carbonyl (C=O) groups excluding carboxylic acids is 2. The lowest BCUT2D eigenvalue weighted by molar-refractivity contribution is -0.113. The van der Waals surface area contributed by atoms with Crippen LogP contribution in [0.25, 0.3) is 0 Å². The summed E-state index contributed by atoms with van der Waals surface area (Å²) in [5.74, 6) is -0.364. The number of allylic oxidation sites excluding steroid dienone is 1. The van der Waals surface area contributed by atoms with Crippen molar-refractivity contribution >= 4 is 33.6 Å². The van der Waals surface area contributed by atoms with Gasteiger partial charge >= 0.3 is 6.03 Å². The average Bonchev–Trinajstić information content (AvgIpc) is 2.58. The number of anilines is 1. The Morgan fingerprint density at radius 2 is 1.85 bits per heavy atom. The van der Waals surface area contributed by atoms with Crippen molar-refractivity contribution in [2.24, 2.45) is 0 Å². The van der Waals surface area contributed by atoms with Gasteiger partial charge in [-0.3, -0.25) is 4.79 Å². The number of hydrogen-bond acceptors (Lipinski definition) is 3. The lowest BCUT2D eigenvalue weighted by Gasteiger charge is -2.29. The van der Waals surface area contributed by atoms with Crippen molar-refractivity contribution in [1.82, 2.24) is 10.6 Å². The molecule has 0 bridgehead atoms. The third-order valence-corrected chi connectivity index (χ3v) is 4.62. The first kappa shape index (κ1) is 18.0. The van der Waals surface area contributed by atoms with Crippen LogP contribution in [0, 0.1) is 6.92 Å². The number of amides is 3. The Balaban J connectivity index is 1.98. The van der Waals surface area contributed by atoms with Crippen LogP contribution in [0.5, 0.6) is 5.75 Å². The molecule has 3 rings (SSSR count). The number of aromatic hydroxyl groups is 1. The van der Waals surface area contributed by atoms with E-state index in [4.69, 9.17) is 0 Å². The van der Waals surface area contributed by atoms with Crippen LogP contribution >= 0.6 is 15.9 Å². The number of halogens is 1. The molecule has 0 unspecified atom stereocenters. The minimum absolute atomic E-state index is 0.00571. The average molecular weight is 416 g/mol. The molecule has 0 radical (unpaired) electrons. The topological polar surface area (TPSA) is 90.5 Å². The molecule has 2 aromatic rings. The van der Waals surface area contributed by atoms with Crippen LogP contribution in [0.4, 0.5) is 10.5 Å². The third-order valence-electron chi connectivity index (χ3n) is 4.12. The summed E-state index contributed by atoms with van der Waals surface area (Å²) in [7, 11) is 0. The maximum Gasteiger partial charge on any atom is 0.319 e. The van der Waals surface area contributed by atoms with Gasteiger partial charge in [0.1, 0.15) is 5.75 Å². The van der Waals surface area contributed by atoms with Gasteiger partial charge in [-0.05, 0) is 44.2 Å². The number of carbonyl (C=O) groups is 2. The van der Waals surface area contributed by atoms with E-state index >= 15 is 0 Å². The molecular formula is C19H18BrN3O3. The number of phenolic OH excluding ortho intramolecular Hbond substituents is 1. The molecule has 26 heavy (non-hydrogen) atoms. The van der Waals surface area contributed by atoms with Gasteiger partial charge in [0.15, 0.2) is 0 Å². The number of benzene rings is 2. The van der Waals surface area contributed by atoms with Gasteiger partial charge in [0.2, 0.25) is 0 Å². The van der Waals surface area contributed by atoms with Gasteiger partial charge in [0.25, 0.3) is 5.91 Å². The zero-order valence-corrected chi connectivity index (χ0v) is 15.8. The summed E-state index contributed by atoms with van der Waals surface area (Å²) in [6.07, 6.45) is 0. The Labute approximate surface area is 159 Å². The van der Waals surface area contributed by atoms with Crippen molar-refractivity contribution in [2.75, 3.05) is 5.32 Å². The van der Waals surface area contributed by atoms with Crippen LogP contribution in [0.1, 0.15) is 24.1 Å². The first-order chi connectivity index (χ1) is 12.3. The van der Waals surface area contributed by atoms with Crippen molar-refractivity contribution in [1.29, 1.82) is 0 Å². The molecule has 0 aliphatic carbocycles. The molecule has 134 valence electrons. The maximum absolute atomic E-state index is 12.9. The van der Waals surface area contributed by atoms with E-state index in [2.05, 4.69) is 31.9 Å². The largest absolute Gasteiger partial charge is 0.508 e. The first-order valence-corrected chi connectivity index (χ1v) is 8.79. The molecule has 1 aliphatic heterocycles. The Hall–Kier alpha value is -2.80. The number of aryl methyl sites for hydroxylation is 1. The van der Waals surface area contributed by atoms with Crippen molar-refractivity contribution in [3.8, 4) is 5.75 Å². The van der Waals surface area contributed by atoms with Crippen LogP contribution in [0.3, 0.4) is 0 Å². The highest BCUT2D eigenvalue weighted by Crippen LogP contribution is 2.34. The highest BCUT2D eigenvalue weighted by molar-refractivity contribution is 9.10. The van der Waals surface area contributed by atoms with Crippen LogP contribution in [-0.2, 0) is 4.79 Å². The van der Waals surface area contributed by atoms with E-state index in [0.717, 1.165) is 10.0 Å². The van der Waals surface area contributed by atoms with Gasteiger partial charge in [-0.15, -0.1) is 0 Å². The molecule has 0 spiro atoms. The summed E-state index contributed by atoms with van der Waals surface area (Å²) in [5, 5.41) is 18.4. The molecule has 1 heterocycles. The number of rotatable bonds is 3. The molecule has 4 N–H and O–H groups in total. The minimum Gasteiger partial charge on any atom is -0.508 e. The SMILES string of the molecule is CC1=C(C(=O)Nc2ccc(C)cc2)[C@@H](c2cc(Br)ccc2O)NC(=O)N1. The Morgan fingerprint density at radius 3 is 2.54 bits per heavy atom. The number of urea groups is 1. The smallest absolute Gasteiger partial charge is 0.319 e. The fourth-order valence-electron chi connectivity index (χ4n) is 2.82. The quantitative estimate of drug-likeness (QED) is 0.615. The number of nitrogens with one attached hydrogen (secondary N) is 3. The van der Waals surface area contributed by atoms with E-state index in [1.165, 1.54) is 6.07 Å². The molecule has 6 nitrogen and oxygen atoms in total. The van der Waals surface area contributed by atoms with Crippen molar-refractivity contribution in [3.05, 3.63) is 69.3 Å². The molecule has 3 amide bonds. The fourth-order valence-corrected chi connectivity index (χ4v) is 3.20. The summed E-state index contributed by atoms with van der Waals surface area (Å²) in [4.78, 5) is 24.8. The van der Waals surface area contributed by atoms with E-state index in [-0.39, 0.29) is 11.7 Å². The van der Waals surface area contributed by atoms with Gasteiger partial charge < -0.3 is 21.1 Å². The molecule has 0 aromatic heterocycles. The lowest BCUT2D eigenvalue weighted by atomic mass is 9.94. The Kier molecular flexibility index (Phi) is 4.99. The second-order valence-corrected chi connectivity index (χ2v) is 7.01. The van der Waals surface area contributed by atoms with E-state index in [1.54, 1.807) is 19.1 Å². The Morgan fingerprint density at radius 1 is 1.15 bits per heavy atom. The zero-order chi connectivity index (χ0) is 18.8. The van der Waals surface area contributed by atoms with E-state index < -0.39 is 12.1 Å². The summed E-state index contributed by atoms with van der Waals surface area (Å²) >= 11 is 3.35. The van der Waals surface area contributed by atoms with Crippen LogP contribution < -0.4 is 16.0 Å². The molecule has 0 saturated heterocycles. The van der Waals surface area contributed by atoms with Crippen LogP contribution in [0.15, 0.2) is 58.2 Å². The molecule has 0 fully saturated rings. The van der Waals surface area contributed by atoms with Gasteiger partial charge in [0, 0.05) is 21.4 Å². The van der Waals surface area contributed by atoms with Gasteiger partial charge in [-0.2, -0.15) is 0 Å². The number of hydrogen-bond donors (Lipinski definition) is 4. The zero-order valence-electron chi connectivity index (χ0n) is 14.3. The number of phenols is 1. The predicted molar refractivity (Wildman–Crippen MR) is 103 cm³/mol. The van der Waals surface area contributed by atoms with Gasteiger partial charge in [-0.1, -0.05) is 33.6 Å². The molecule has 7 heteroatoms. The first-order valence-electron chi connectivity index (χ1n) is 8.00. The molecule has 1 aliphatic rings. The standard InChI is InChI=1S/C19H18BrN3O3/c1-10-3-6-13(7-4-10)22-18(25)16-11(2)21-19(26)23-17(16)14-9-12(20)5-8-15(14)24/h3-9,17,24H,1-2H3,(H,22,25)(H2,21,23,26)/t17-/m1/s1. The van der Waals surface area contributed by atoms with Crippen molar-refractivity contribution in [2.45, 2.75) is 19.9 Å². The maximum atomic E-state index is 12.9. The van der Waals surface area contributed by atoms with Crippen LogP contribution in [0.2, 0.25) is 0 Å². The highest BCUT2D eigenvalue weighted by Gasteiger charge is 2.32. The molecule has 2 aromatic carbocycles. The predicted octanol–water partition coefficient (Wildman–Crippen LogP) is 3.73. The van der Waals surface area contributed by atoms with Crippen molar-refractivity contribution < 1.29 is 14.7 Å². The van der Waals surface area contributed by atoms with Crippen LogP contribution in [-0.4, -0.2) is 17.0 Å². The highest BCUT2D eigenvalue weighted by atomic mass is 79.9. The summed E-state index contributed by atoms with van der Waals surface area (Å²) < 4.78 is 0.731. The minimum atomic E-state index is -0.772. The van der Waals surface area contributed by atoms with E-state index in [9.17, 15) is 14.7 Å². The summed E-state index contributed by atoms with van der Waals surface area (Å²) in [6, 6.07) is 11.1. The van der Waals surface area contributed by atoms with Gasteiger partial charge in [-0.25, -0.2) is 4.79 Å². The summed E-state index contributed by atoms with van der Waals surface area (Å²) in [6.45, 7) is 3.62. The molecule has 1 atom stereocenters. The monoisotopic (exact) mass is 415 g/mol. The van der Waals surface area contributed by atoms with E-state index in [0.29, 0.717) is 22.5 Å². The molecular weight excluding hydrogens is 398 g/mol. The lowest BCUT2D eigenvalue weighted by Crippen LogP contribution is -2.46. The summed E-state index contributed by atoms with van der Waals surface area (Å²) in [5.41, 5.74) is 2.93. The fraction of sp³-hybridized carbons (Fsp3) is 0.158. The third kappa shape index (κ3) is 3.72. The molecule has 0 saturated carbocycles. The second-order valence-electron chi connectivity index (χ2n) is 6.09. The van der Waals surface area contributed by atoms with Crippen molar-refractivity contribution in [3.63, 3.8) is 0 Å².